The lowest BCUT2D eigenvalue weighted by Crippen LogP contribution is -2.31. The molecule has 0 aliphatic heterocycles. The van der Waals surface area contributed by atoms with E-state index in [-0.39, 0.29) is 0 Å². The van der Waals surface area contributed by atoms with Crippen LogP contribution in [-0.4, -0.2) is 18.5 Å². The standard InChI is InChI=1S/C12H24ClN/c1-10(2)7-8-14-9-11-5-3-4-6-12(11)13/h10-12,14H,3-9H2,1-2H3. The molecule has 0 aromatic heterocycles. The summed E-state index contributed by atoms with van der Waals surface area (Å²) >= 11 is 6.28. The van der Waals surface area contributed by atoms with Crippen molar-refractivity contribution in [3.8, 4) is 0 Å². The van der Waals surface area contributed by atoms with Gasteiger partial charge in [0.2, 0.25) is 0 Å². The molecule has 1 fully saturated rings. The highest BCUT2D eigenvalue weighted by Gasteiger charge is 2.22. The maximum atomic E-state index is 6.28. The van der Waals surface area contributed by atoms with E-state index in [0.29, 0.717) is 5.38 Å². The molecular formula is C12H24ClN. The highest BCUT2D eigenvalue weighted by Crippen LogP contribution is 2.27. The topological polar surface area (TPSA) is 12.0 Å². The maximum absolute atomic E-state index is 6.28. The summed E-state index contributed by atoms with van der Waals surface area (Å²) in [5, 5.41) is 3.96. The monoisotopic (exact) mass is 217 g/mol. The fraction of sp³-hybridized carbons (Fsp3) is 1.00. The molecule has 1 nitrogen and oxygen atoms in total. The van der Waals surface area contributed by atoms with Crippen LogP contribution in [0.25, 0.3) is 0 Å². The van der Waals surface area contributed by atoms with Crippen molar-refractivity contribution in [2.24, 2.45) is 11.8 Å². The molecule has 1 aliphatic rings. The van der Waals surface area contributed by atoms with Gasteiger partial charge >= 0.3 is 0 Å². The average molecular weight is 218 g/mol. The molecule has 0 radical (unpaired) electrons. The summed E-state index contributed by atoms with van der Waals surface area (Å²) in [6.07, 6.45) is 6.52. The Labute approximate surface area is 93.6 Å². The second kappa shape index (κ2) is 6.68. The van der Waals surface area contributed by atoms with E-state index in [1.165, 1.54) is 32.1 Å². The van der Waals surface area contributed by atoms with Crippen molar-refractivity contribution < 1.29 is 0 Å². The first-order valence-electron chi connectivity index (χ1n) is 6.05. The van der Waals surface area contributed by atoms with Crippen LogP contribution in [0.15, 0.2) is 0 Å². The highest BCUT2D eigenvalue weighted by atomic mass is 35.5. The number of alkyl halides is 1. The summed E-state index contributed by atoms with van der Waals surface area (Å²) in [7, 11) is 0. The Morgan fingerprint density at radius 3 is 2.64 bits per heavy atom. The molecule has 1 aliphatic carbocycles. The van der Waals surface area contributed by atoms with Crippen molar-refractivity contribution in [1.29, 1.82) is 0 Å². The first-order valence-corrected chi connectivity index (χ1v) is 6.48. The molecule has 0 spiro atoms. The summed E-state index contributed by atoms with van der Waals surface area (Å²) in [6, 6.07) is 0. The van der Waals surface area contributed by atoms with Crippen LogP contribution in [0.1, 0.15) is 46.0 Å². The van der Waals surface area contributed by atoms with Gasteiger partial charge in [-0.25, -0.2) is 0 Å². The zero-order valence-corrected chi connectivity index (χ0v) is 10.3. The molecule has 0 bridgehead atoms. The first-order chi connectivity index (χ1) is 6.70. The molecule has 1 saturated carbocycles. The van der Waals surface area contributed by atoms with Gasteiger partial charge in [-0.1, -0.05) is 26.7 Å². The Kier molecular flexibility index (Phi) is 5.88. The van der Waals surface area contributed by atoms with E-state index in [2.05, 4.69) is 19.2 Å². The Bertz CT molecular complexity index is 147. The second-order valence-electron chi connectivity index (χ2n) is 4.95. The van der Waals surface area contributed by atoms with Gasteiger partial charge in [-0.05, 0) is 44.2 Å². The molecule has 0 saturated heterocycles. The lowest BCUT2D eigenvalue weighted by Gasteiger charge is -2.27. The normalized spacial score (nSPS) is 28.3. The predicted octanol–water partition coefficient (Wildman–Crippen LogP) is 3.42. The summed E-state index contributed by atoms with van der Waals surface area (Å²) in [6.45, 7) is 6.82. The van der Waals surface area contributed by atoms with Crippen LogP contribution in [0.5, 0.6) is 0 Å². The zero-order valence-electron chi connectivity index (χ0n) is 9.56. The molecule has 2 atom stereocenters. The van der Waals surface area contributed by atoms with Gasteiger partial charge in [0, 0.05) is 5.38 Å². The molecule has 0 heterocycles. The molecule has 14 heavy (non-hydrogen) atoms. The van der Waals surface area contributed by atoms with Crippen LogP contribution in [-0.2, 0) is 0 Å². The van der Waals surface area contributed by atoms with Crippen LogP contribution >= 0.6 is 11.6 Å². The highest BCUT2D eigenvalue weighted by molar-refractivity contribution is 6.20. The molecular weight excluding hydrogens is 194 g/mol. The quantitative estimate of drug-likeness (QED) is 0.550. The minimum absolute atomic E-state index is 0.426. The first kappa shape index (κ1) is 12.3. The number of rotatable bonds is 5. The molecule has 1 N–H and O–H groups in total. The van der Waals surface area contributed by atoms with Gasteiger partial charge in [0.25, 0.3) is 0 Å². The molecule has 84 valence electrons. The third kappa shape index (κ3) is 4.65. The van der Waals surface area contributed by atoms with Crippen molar-refractivity contribution in [3.05, 3.63) is 0 Å². The van der Waals surface area contributed by atoms with E-state index in [1.54, 1.807) is 0 Å². The van der Waals surface area contributed by atoms with Crippen LogP contribution in [0.4, 0.5) is 0 Å². The summed E-state index contributed by atoms with van der Waals surface area (Å²) in [5.41, 5.74) is 0. The number of halogens is 1. The molecule has 0 aromatic carbocycles. The molecule has 2 heteroatoms. The fourth-order valence-corrected chi connectivity index (χ4v) is 2.44. The van der Waals surface area contributed by atoms with E-state index in [0.717, 1.165) is 24.9 Å². The van der Waals surface area contributed by atoms with Crippen molar-refractivity contribution in [1.82, 2.24) is 5.32 Å². The van der Waals surface area contributed by atoms with Gasteiger partial charge in [0.05, 0.1) is 0 Å². The molecule has 2 unspecified atom stereocenters. The minimum atomic E-state index is 0.426. The Morgan fingerprint density at radius 1 is 1.29 bits per heavy atom. The Balaban J connectivity index is 2.04. The van der Waals surface area contributed by atoms with Crippen molar-refractivity contribution in [2.45, 2.75) is 51.3 Å². The third-order valence-electron chi connectivity index (χ3n) is 3.12. The predicted molar refractivity (Wildman–Crippen MR) is 63.9 cm³/mol. The fourth-order valence-electron chi connectivity index (χ4n) is 2.07. The smallest absolute Gasteiger partial charge is 0.0376 e. The maximum Gasteiger partial charge on any atom is 0.0376 e. The van der Waals surface area contributed by atoms with Gasteiger partial charge in [-0.15, -0.1) is 11.6 Å². The molecule has 0 amide bonds. The lowest BCUT2D eigenvalue weighted by atomic mass is 9.88. The third-order valence-corrected chi connectivity index (χ3v) is 3.70. The van der Waals surface area contributed by atoms with Gasteiger partial charge in [-0.2, -0.15) is 0 Å². The van der Waals surface area contributed by atoms with Gasteiger partial charge in [-0.3, -0.25) is 0 Å². The largest absolute Gasteiger partial charge is 0.316 e. The summed E-state index contributed by atoms with van der Waals surface area (Å²) in [5.74, 6) is 1.53. The van der Waals surface area contributed by atoms with Crippen molar-refractivity contribution in [2.75, 3.05) is 13.1 Å². The number of nitrogens with one attached hydrogen (secondary N) is 1. The zero-order chi connectivity index (χ0) is 10.4. The summed E-state index contributed by atoms with van der Waals surface area (Å²) < 4.78 is 0. The molecule has 1 rings (SSSR count). The van der Waals surface area contributed by atoms with Crippen molar-refractivity contribution >= 4 is 11.6 Å². The van der Waals surface area contributed by atoms with E-state index >= 15 is 0 Å². The van der Waals surface area contributed by atoms with Crippen molar-refractivity contribution in [3.63, 3.8) is 0 Å². The van der Waals surface area contributed by atoms with Gasteiger partial charge in [0.15, 0.2) is 0 Å². The minimum Gasteiger partial charge on any atom is -0.316 e. The SMILES string of the molecule is CC(C)CCNCC1CCCCC1Cl. The van der Waals surface area contributed by atoms with E-state index in [1.807, 2.05) is 0 Å². The second-order valence-corrected chi connectivity index (χ2v) is 5.51. The van der Waals surface area contributed by atoms with Crippen LogP contribution in [0.3, 0.4) is 0 Å². The lowest BCUT2D eigenvalue weighted by molar-refractivity contribution is 0.345. The number of hydrogen-bond acceptors (Lipinski definition) is 1. The molecule has 0 aromatic rings. The van der Waals surface area contributed by atoms with E-state index < -0.39 is 0 Å². The Morgan fingerprint density at radius 2 is 2.00 bits per heavy atom. The summed E-state index contributed by atoms with van der Waals surface area (Å²) in [4.78, 5) is 0. The number of hydrogen-bond donors (Lipinski definition) is 1. The van der Waals surface area contributed by atoms with Gasteiger partial charge in [0.1, 0.15) is 0 Å². The van der Waals surface area contributed by atoms with Crippen LogP contribution < -0.4 is 5.32 Å². The van der Waals surface area contributed by atoms with Gasteiger partial charge < -0.3 is 5.32 Å². The van der Waals surface area contributed by atoms with Crippen LogP contribution in [0.2, 0.25) is 0 Å². The van der Waals surface area contributed by atoms with E-state index in [4.69, 9.17) is 11.6 Å². The Hall–Kier alpha value is 0.250. The van der Waals surface area contributed by atoms with E-state index in [9.17, 15) is 0 Å². The average Bonchev–Trinajstić information content (AvgIpc) is 2.15. The van der Waals surface area contributed by atoms with Crippen LogP contribution in [0, 0.1) is 11.8 Å².